The van der Waals surface area contributed by atoms with E-state index in [1.165, 1.54) is 31.4 Å². The normalized spacial score (nSPS) is 13.2. The zero-order valence-electron chi connectivity index (χ0n) is 26.2. The quantitative estimate of drug-likeness (QED) is 0.129. The lowest BCUT2D eigenvalue weighted by Crippen LogP contribution is -2.30. The molecule has 0 fully saturated rings. The van der Waals surface area contributed by atoms with Crippen molar-refractivity contribution < 1.29 is 62.0 Å². The molecular formula is C37H21F12O2P. The van der Waals surface area contributed by atoms with E-state index in [0.29, 0.717) is 16.2 Å². The zero-order chi connectivity index (χ0) is 38.0. The monoisotopic (exact) mass is 756 g/mol. The van der Waals surface area contributed by atoms with Gasteiger partial charge in [0.2, 0.25) is 0 Å². The first kappa shape index (κ1) is 36.8. The van der Waals surface area contributed by atoms with Crippen LogP contribution in [0.5, 0.6) is 5.75 Å². The van der Waals surface area contributed by atoms with Gasteiger partial charge < -0.3 is 9.30 Å². The van der Waals surface area contributed by atoms with Crippen LogP contribution in [0, 0.1) is 0 Å². The van der Waals surface area contributed by atoms with Crippen molar-refractivity contribution in [2.24, 2.45) is 0 Å². The van der Waals surface area contributed by atoms with Crippen LogP contribution in [-0.4, -0.2) is 7.11 Å². The predicted octanol–water partition coefficient (Wildman–Crippen LogP) is 11.4. The Morgan fingerprint density at radius 3 is 1.21 bits per heavy atom. The first-order valence-corrected chi connectivity index (χ1v) is 16.6. The van der Waals surface area contributed by atoms with Crippen molar-refractivity contribution in [1.29, 1.82) is 0 Å². The summed E-state index contributed by atoms with van der Waals surface area (Å²) in [6.45, 7) is 0. The number of hydrogen-bond acceptors (Lipinski definition) is 2. The maximum absolute atomic E-state index is 16.0. The van der Waals surface area contributed by atoms with Gasteiger partial charge in [-0.25, -0.2) is 0 Å². The van der Waals surface area contributed by atoms with Gasteiger partial charge in [0.05, 0.1) is 29.4 Å². The number of methoxy groups -OCH3 is 1. The minimum Gasteiger partial charge on any atom is -0.496 e. The minimum atomic E-state index is -5.63. The second-order valence-electron chi connectivity index (χ2n) is 11.7. The summed E-state index contributed by atoms with van der Waals surface area (Å²) in [6, 6.07) is 17.6. The molecule has 0 amide bonds. The van der Waals surface area contributed by atoms with E-state index in [9.17, 15) is 52.7 Å². The van der Waals surface area contributed by atoms with Gasteiger partial charge in [-0.05, 0) is 70.1 Å². The molecule has 0 aromatic heterocycles. The van der Waals surface area contributed by atoms with Crippen LogP contribution in [0.15, 0.2) is 109 Å². The van der Waals surface area contributed by atoms with Crippen LogP contribution in [0.25, 0.3) is 32.7 Å². The van der Waals surface area contributed by atoms with Crippen LogP contribution in [0.1, 0.15) is 22.3 Å². The Labute approximate surface area is 286 Å². The summed E-state index contributed by atoms with van der Waals surface area (Å²) in [5, 5.41) is -1.84. The molecule has 52 heavy (non-hydrogen) atoms. The number of rotatable bonds is 5. The highest BCUT2D eigenvalue weighted by molar-refractivity contribution is 7.85. The number of fused-ring (bicyclic) bond motifs is 2. The fraction of sp³-hybridized carbons (Fsp3) is 0.135. The lowest BCUT2D eigenvalue weighted by molar-refractivity contribution is -0.144. The highest BCUT2D eigenvalue weighted by atomic mass is 31.2. The van der Waals surface area contributed by atoms with Crippen LogP contribution in [-0.2, 0) is 29.3 Å². The number of hydrogen-bond donors (Lipinski definition) is 0. The fourth-order valence-corrected chi connectivity index (χ4v) is 9.10. The second-order valence-corrected chi connectivity index (χ2v) is 14.4. The van der Waals surface area contributed by atoms with Gasteiger partial charge in [-0.2, -0.15) is 52.7 Å². The molecule has 0 aliphatic rings. The Kier molecular flexibility index (Phi) is 8.93. The van der Waals surface area contributed by atoms with Crippen LogP contribution >= 0.6 is 7.14 Å². The zero-order valence-corrected chi connectivity index (χ0v) is 27.1. The highest BCUT2D eigenvalue weighted by Gasteiger charge is 2.44. The van der Waals surface area contributed by atoms with E-state index in [1.54, 1.807) is 42.5 Å². The van der Waals surface area contributed by atoms with Crippen molar-refractivity contribution in [3.63, 3.8) is 0 Å². The first-order chi connectivity index (χ1) is 24.1. The van der Waals surface area contributed by atoms with Gasteiger partial charge >= 0.3 is 24.7 Å². The Morgan fingerprint density at radius 2 is 0.827 bits per heavy atom. The van der Waals surface area contributed by atoms with E-state index >= 15 is 4.57 Å². The van der Waals surface area contributed by atoms with E-state index in [2.05, 4.69) is 0 Å². The van der Waals surface area contributed by atoms with Crippen molar-refractivity contribution in [2.45, 2.75) is 24.7 Å². The SMILES string of the molecule is COc1ccc2ccccc2c1-c1c(P(=O)(c2cc(C(F)(F)F)cc(C(F)(F)F)c2)c2cc(C(F)(F)F)cc(C(F)(F)F)c2)ccc2ccccc12. The maximum atomic E-state index is 16.0. The summed E-state index contributed by atoms with van der Waals surface area (Å²) in [5.41, 5.74) is -8.00. The molecule has 0 spiro atoms. The van der Waals surface area contributed by atoms with E-state index in [1.807, 2.05) is 0 Å². The van der Waals surface area contributed by atoms with Crippen molar-refractivity contribution >= 4 is 44.6 Å². The van der Waals surface area contributed by atoms with E-state index in [0.717, 1.165) is 6.07 Å². The van der Waals surface area contributed by atoms with E-state index < -0.39 is 70.0 Å². The maximum Gasteiger partial charge on any atom is 0.416 e. The summed E-state index contributed by atoms with van der Waals surface area (Å²) in [4.78, 5) is 0. The molecule has 2 nitrogen and oxygen atoms in total. The number of benzene rings is 6. The number of halogens is 12. The highest BCUT2D eigenvalue weighted by Crippen LogP contribution is 2.52. The topological polar surface area (TPSA) is 26.3 Å². The van der Waals surface area contributed by atoms with Crippen molar-refractivity contribution in [2.75, 3.05) is 7.11 Å². The molecule has 0 unspecified atom stereocenters. The van der Waals surface area contributed by atoms with Crippen LogP contribution in [0.3, 0.4) is 0 Å². The fourth-order valence-electron chi connectivity index (χ4n) is 6.13. The molecule has 0 aliphatic heterocycles. The molecule has 6 aromatic rings. The van der Waals surface area contributed by atoms with Crippen molar-refractivity contribution in [3.8, 4) is 16.9 Å². The Bertz CT molecular complexity index is 2250. The molecular weight excluding hydrogens is 735 g/mol. The molecule has 0 bridgehead atoms. The van der Waals surface area contributed by atoms with Gasteiger partial charge in [-0.1, -0.05) is 60.7 Å². The standard InChI is InChI=1S/C37H21F12O2P/c1-51-30-12-10-20-6-2-4-8-28(20)32(30)33-29-9-5-3-7-21(29)11-13-31(33)52(50,26-16-22(34(38,39)40)14-23(17-26)35(41,42)43)27-18-24(36(44,45)46)15-25(19-27)37(47,48)49/h2-19H,1H3. The average molecular weight is 757 g/mol. The van der Waals surface area contributed by atoms with Gasteiger partial charge in [0.25, 0.3) is 0 Å². The van der Waals surface area contributed by atoms with Crippen molar-refractivity contribution in [1.82, 2.24) is 0 Å². The molecule has 0 heterocycles. The van der Waals surface area contributed by atoms with Gasteiger partial charge in [-0.15, -0.1) is 0 Å². The Morgan fingerprint density at radius 1 is 0.462 bits per heavy atom. The predicted molar refractivity (Wildman–Crippen MR) is 173 cm³/mol. The summed E-state index contributed by atoms with van der Waals surface area (Å²) in [7, 11) is -4.39. The van der Waals surface area contributed by atoms with Gasteiger partial charge in [0.15, 0.2) is 7.14 Å². The first-order valence-electron chi connectivity index (χ1n) is 14.9. The smallest absolute Gasteiger partial charge is 0.416 e. The summed E-state index contributed by atoms with van der Waals surface area (Å²) >= 11 is 0. The molecule has 0 saturated carbocycles. The Hall–Kier alpha value is -4.97. The van der Waals surface area contributed by atoms with Crippen LogP contribution in [0.2, 0.25) is 0 Å². The van der Waals surface area contributed by atoms with Gasteiger partial charge in [0, 0.05) is 27.0 Å². The molecule has 6 aromatic carbocycles. The molecule has 0 saturated heterocycles. The second kappa shape index (κ2) is 12.6. The lowest BCUT2D eigenvalue weighted by Gasteiger charge is -2.28. The van der Waals surface area contributed by atoms with E-state index in [4.69, 9.17) is 4.74 Å². The average Bonchev–Trinajstić information content (AvgIpc) is 3.08. The third kappa shape index (κ3) is 6.60. The summed E-state index contributed by atoms with van der Waals surface area (Å²) < 4.78 is 192. The van der Waals surface area contributed by atoms with Gasteiger partial charge in [-0.3, -0.25) is 0 Å². The Balaban J connectivity index is 1.90. The summed E-state index contributed by atoms with van der Waals surface area (Å²) in [6.07, 6.45) is -22.1. The molecule has 6 rings (SSSR count). The molecule has 270 valence electrons. The molecule has 0 N–H and O–H groups in total. The summed E-state index contributed by atoms with van der Waals surface area (Å²) in [5.74, 6) is 0.0444. The number of ether oxygens (including phenoxy) is 1. The molecule has 0 atom stereocenters. The van der Waals surface area contributed by atoms with Crippen LogP contribution < -0.4 is 20.7 Å². The number of alkyl halides is 12. The lowest BCUT2D eigenvalue weighted by atomic mass is 9.93. The molecule has 0 radical (unpaired) electrons. The van der Waals surface area contributed by atoms with Gasteiger partial charge in [0.1, 0.15) is 5.75 Å². The third-order valence-electron chi connectivity index (χ3n) is 8.48. The minimum absolute atomic E-state index is 0.0444. The van der Waals surface area contributed by atoms with E-state index in [-0.39, 0.29) is 58.7 Å². The third-order valence-corrected chi connectivity index (χ3v) is 11.5. The largest absolute Gasteiger partial charge is 0.496 e. The molecule has 15 heteroatoms. The van der Waals surface area contributed by atoms with Crippen molar-refractivity contribution in [3.05, 3.63) is 131 Å². The molecule has 0 aliphatic carbocycles. The van der Waals surface area contributed by atoms with Crippen LogP contribution in [0.4, 0.5) is 52.7 Å².